The molecule has 30 heavy (non-hydrogen) atoms. The third kappa shape index (κ3) is 4.33. The van der Waals surface area contributed by atoms with Gasteiger partial charge in [0, 0.05) is 37.1 Å². The van der Waals surface area contributed by atoms with E-state index in [1.54, 1.807) is 6.07 Å². The van der Waals surface area contributed by atoms with Gasteiger partial charge in [-0.2, -0.15) is 0 Å². The molecular weight excluding hydrogens is 376 g/mol. The first-order valence-electron chi connectivity index (χ1n) is 10.7. The first-order valence-corrected chi connectivity index (χ1v) is 10.7. The minimum atomic E-state index is -0.298. The van der Waals surface area contributed by atoms with E-state index < -0.39 is 0 Å². The molecular formula is C25H30N2O3. The lowest BCUT2D eigenvalue weighted by Gasteiger charge is -2.38. The van der Waals surface area contributed by atoms with Crippen LogP contribution in [0.3, 0.4) is 0 Å². The molecule has 4 rings (SSSR count). The summed E-state index contributed by atoms with van der Waals surface area (Å²) in [7, 11) is 0. The van der Waals surface area contributed by atoms with Gasteiger partial charge in [-0.05, 0) is 43.0 Å². The number of ether oxygens (including phenoxy) is 1. The maximum Gasteiger partial charge on any atom is 0.336 e. The Hall–Kier alpha value is -2.47. The van der Waals surface area contributed by atoms with Crippen LogP contribution in [0.1, 0.15) is 35.2 Å². The first kappa shape index (κ1) is 20.8. The molecule has 0 bridgehead atoms. The van der Waals surface area contributed by atoms with E-state index >= 15 is 0 Å². The molecule has 5 nitrogen and oxygen atoms in total. The fourth-order valence-electron chi connectivity index (χ4n) is 4.37. The highest BCUT2D eigenvalue weighted by Crippen LogP contribution is 2.27. The van der Waals surface area contributed by atoms with E-state index in [9.17, 15) is 4.79 Å². The maximum atomic E-state index is 12.2. The van der Waals surface area contributed by atoms with Crippen LogP contribution in [0.5, 0.6) is 0 Å². The Morgan fingerprint density at radius 3 is 2.53 bits per heavy atom. The van der Waals surface area contributed by atoms with E-state index in [1.165, 1.54) is 5.56 Å². The predicted molar refractivity (Wildman–Crippen MR) is 120 cm³/mol. The summed E-state index contributed by atoms with van der Waals surface area (Å²) in [6, 6.07) is 16.8. The van der Waals surface area contributed by atoms with Crippen molar-refractivity contribution in [1.29, 1.82) is 0 Å². The van der Waals surface area contributed by atoms with Crippen molar-refractivity contribution in [3.63, 3.8) is 0 Å². The molecule has 1 aliphatic heterocycles. The number of hydrogen-bond acceptors (Lipinski definition) is 5. The average Bonchev–Trinajstić information content (AvgIpc) is 2.76. The maximum absolute atomic E-state index is 12.2. The largest absolute Gasteiger partial charge is 0.422 e. The number of morpholine rings is 1. The quantitative estimate of drug-likeness (QED) is 0.628. The van der Waals surface area contributed by atoms with Gasteiger partial charge in [0.15, 0.2) is 0 Å². The highest BCUT2D eigenvalue weighted by atomic mass is 16.5. The smallest absolute Gasteiger partial charge is 0.336 e. The molecule has 0 unspecified atom stereocenters. The summed E-state index contributed by atoms with van der Waals surface area (Å²) in [5.74, 6) is 0. The highest BCUT2D eigenvalue weighted by Gasteiger charge is 2.27. The zero-order valence-corrected chi connectivity index (χ0v) is 18.0. The minimum absolute atomic E-state index is 0.194. The highest BCUT2D eigenvalue weighted by molar-refractivity contribution is 5.83. The molecule has 5 heteroatoms. The third-order valence-corrected chi connectivity index (χ3v) is 6.19. The van der Waals surface area contributed by atoms with Gasteiger partial charge in [0.2, 0.25) is 0 Å². The zero-order valence-electron chi connectivity index (χ0n) is 18.0. The summed E-state index contributed by atoms with van der Waals surface area (Å²) >= 11 is 0. The molecule has 2 aromatic carbocycles. The molecule has 0 saturated carbocycles. The van der Waals surface area contributed by atoms with Gasteiger partial charge in [-0.1, -0.05) is 42.5 Å². The number of nitrogens with one attached hydrogen (secondary N) is 1. The lowest BCUT2D eigenvalue weighted by atomic mass is 9.97. The van der Waals surface area contributed by atoms with Crippen molar-refractivity contribution in [2.24, 2.45) is 0 Å². The van der Waals surface area contributed by atoms with Crippen LogP contribution in [0.2, 0.25) is 0 Å². The Bertz CT molecular complexity index is 1060. The zero-order chi connectivity index (χ0) is 21.1. The van der Waals surface area contributed by atoms with Crippen LogP contribution in [0.15, 0.2) is 57.7 Å². The lowest BCUT2D eigenvalue weighted by Crippen LogP contribution is -2.46. The molecule has 1 N–H and O–H groups in total. The number of nitrogens with zero attached hydrogens (tertiary/aromatic N) is 1. The van der Waals surface area contributed by atoms with Gasteiger partial charge in [-0.25, -0.2) is 4.79 Å². The van der Waals surface area contributed by atoms with Crippen molar-refractivity contribution >= 4 is 11.0 Å². The number of hydrogen-bond donors (Lipinski definition) is 1. The van der Waals surface area contributed by atoms with Gasteiger partial charge in [-0.15, -0.1) is 0 Å². The van der Waals surface area contributed by atoms with Crippen LogP contribution in [0.25, 0.3) is 11.0 Å². The number of aryl methyl sites for hydroxylation is 2. The van der Waals surface area contributed by atoms with Gasteiger partial charge in [0.05, 0.1) is 19.3 Å². The van der Waals surface area contributed by atoms with Crippen LogP contribution >= 0.6 is 0 Å². The second-order valence-corrected chi connectivity index (χ2v) is 8.15. The summed E-state index contributed by atoms with van der Waals surface area (Å²) in [6.07, 6.45) is 0. The normalized spacial score (nSPS) is 17.2. The summed E-state index contributed by atoms with van der Waals surface area (Å²) in [5, 5.41) is 4.69. The number of rotatable bonds is 6. The molecule has 2 heterocycles. The Kier molecular flexibility index (Phi) is 6.32. The SMILES string of the molecule is Cc1ccc2c(CN[C@H](C)[C@@H](c3ccccc3)N3CCOCC3)cc(=O)oc2c1C. The van der Waals surface area contributed by atoms with Crippen molar-refractivity contribution in [3.05, 3.63) is 81.2 Å². The number of benzene rings is 2. The average molecular weight is 407 g/mol. The van der Waals surface area contributed by atoms with Crippen molar-refractivity contribution in [3.8, 4) is 0 Å². The van der Waals surface area contributed by atoms with E-state index in [0.717, 1.165) is 48.4 Å². The van der Waals surface area contributed by atoms with Crippen molar-refractivity contribution in [2.75, 3.05) is 26.3 Å². The lowest BCUT2D eigenvalue weighted by molar-refractivity contribution is 0.00855. The molecule has 0 amide bonds. The van der Waals surface area contributed by atoms with E-state index in [1.807, 2.05) is 13.8 Å². The molecule has 2 atom stereocenters. The Balaban J connectivity index is 1.60. The Morgan fingerprint density at radius 2 is 1.80 bits per heavy atom. The van der Waals surface area contributed by atoms with Gasteiger partial charge in [0.25, 0.3) is 0 Å². The summed E-state index contributed by atoms with van der Waals surface area (Å²) in [5.41, 5.74) is 4.82. The van der Waals surface area contributed by atoms with Crippen LogP contribution in [0, 0.1) is 13.8 Å². The van der Waals surface area contributed by atoms with Crippen LogP contribution in [-0.2, 0) is 11.3 Å². The molecule has 1 fully saturated rings. The van der Waals surface area contributed by atoms with Crippen molar-refractivity contribution in [1.82, 2.24) is 10.2 Å². The van der Waals surface area contributed by atoms with E-state index in [0.29, 0.717) is 12.1 Å². The standard InChI is InChI=1S/C25H30N2O3/c1-17-9-10-22-21(15-23(28)30-25(22)18(17)2)16-26-19(3)24(20-7-5-4-6-8-20)27-11-13-29-14-12-27/h4-10,15,19,24,26H,11-14,16H2,1-3H3/t19-,24+/m1/s1. The second kappa shape index (κ2) is 9.13. The van der Waals surface area contributed by atoms with E-state index in [2.05, 4.69) is 59.6 Å². The number of fused-ring (bicyclic) bond motifs is 1. The summed E-state index contributed by atoms with van der Waals surface area (Å²) in [6.45, 7) is 10.2. The van der Waals surface area contributed by atoms with E-state index in [-0.39, 0.29) is 17.7 Å². The molecule has 0 spiro atoms. The van der Waals surface area contributed by atoms with Crippen LogP contribution in [0.4, 0.5) is 0 Å². The molecule has 1 saturated heterocycles. The van der Waals surface area contributed by atoms with Crippen LogP contribution < -0.4 is 10.9 Å². The fraction of sp³-hybridized carbons (Fsp3) is 0.400. The van der Waals surface area contributed by atoms with Gasteiger partial charge >= 0.3 is 5.63 Å². The monoisotopic (exact) mass is 406 g/mol. The first-order chi connectivity index (χ1) is 14.5. The molecule has 158 valence electrons. The predicted octanol–water partition coefficient (Wildman–Crippen LogP) is 3.96. The van der Waals surface area contributed by atoms with E-state index in [4.69, 9.17) is 9.15 Å². The van der Waals surface area contributed by atoms with Crippen molar-refractivity contribution < 1.29 is 9.15 Å². The fourth-order valence-corrected chi connectivity index (χ4v) is 4.37. The van der Waals surface area contributed by atoms with Crippen LogP contribution in [-0.4, -0.2) is 37.2 Å². The Labute approximate surface area is 177 Å². The molecule has 0 radical (unpaired) electrons. The molecule has 1 aromatic heterocycles. The van der Waals surface area contributed by atoms with Gasteiger partial charge < -0.3 is 14.5 Å². The molecule has 3 aromatic rings. The Morgan fingerprint density at radius 1 is 1.07 bits per heavy atom. The summed E-state index contributed by atoms with van der Waals surface area (Å²) in [4.78, 5) is 14.7. The topological polar surface area (TPSA) is 54.7 Å². The second-order valence-electron chi connectivity index (χ2n) is 8.15. The minimum Gasteiger partial charge on any atom is -0.422 e. The van der Waals surface area contributed by atoms with Gasteiger partial charge in [-0.3, -0.25) is 4.90 Å². The van der Waals surface area contributed by atoms with Gasteiger partial charge in [0.1, 0.15) is 5.58 Å². The third-order valence-electron chi connectivity index (χ3n) is 6.19. The van der Waals surface area contributed by atoms with Crippen molar-refractivity contribution in [2.45, 2.75) is 39.4 Å². The molecule has 1 aliphatic rings. The molecule has 0 aliphatic carbocycles. The summed E-state index contributed by atoms with van der Waals surface area (Å²) < 4.78 is 11.1.